The van der Waals surface area contributed by atoms with E-state index in [2.05, 4.69) is 47.5 Å². The smallest absolute Gasteiger partial charge is 0.251 e. The molecular weight excluding hydrogens is 594 g/mol. The van der Waals surface area contributed by atoms with Gasteiger partial charge in [0.1, 0.15) is 37.9 Å². The van der Waals surface area contributed by atoms with Gasteiger partial charge in [0, 0.05) is 31.3 Å². The van der Waals surface area contributed by atoms with Crippen LogP contribution in [0.3, 0.4) is 0 Å². The Bertz CT molecular complexity index is 1800. The zero-order chi connectivity index (χ0) is 32.8. The lowest BCUT2D eigenvalue weighted by Crippen LogP contribution is -2.35. The van der Waals surface area contributed by atoms with E-state index in [1.165, 1.54) is 0 Å². The predicted molar refractivity (Wildman–Crippen MR) is 178 cm³/mol. The molecule has 0 aromatic heterocycles. The van der Waals surface area contributed by atoms with E-state index in [4.69, 9.17) is 23.7 Å². The lowest BCUT2D eigenvalue weighted by atomic mass is 9.96. The third-order valence-corrected chi connectivity index (χ3v) is 8.35. The van der Waals surface area contributed by atoms with Gasteiger partial charge < -0.3 is 33.9 Å². The zero-order valence-corrected chi connectivity index (χ0v) is 27.0. The van der Waals surface area contributed by atoms with Crippen molar-refractivity contribution >= 4 is 5.91 Å². The van der Waals surface area contributed by atoms with Crippen LogP contribution in [0.2, 0.25) is 0 Å². The Hall–Kier alpha value is -5.04. The maximum Gasteiger partial charge on any atom is 0.251 e. The number of nitrogens with zero attached hydrogens (tertiary/aromatic N) is 2. The summed E-state index contributed by atoms with van der Waals surface area (Å²) in [5.74, 6) is 2.91. The number of carbonyl (C=O) groups excluding carboxylic acids is 1. The maximum atomic E-state index is 12.0. The molecule has 0 bridgehead atoms. The SMILES string of the molecule is Cc1cc(CN(C)CCNC(=O)C2CO2)c(OCc2cccc(C#N)c2)cc1OCc1cccc(-c2ccc3c(c2)OCCO3)c1C. The molecule has 0 spiro atoms. The molecule has 2 aliphatic heterocycles. The van der Waals surface area contributed by atoms with Crippen LogP contribution in [0.4, 0.5) is 0 Å². The fourth-order valence-corrected chi connectivity index (χ4v) is 5.61. The molecule has 0 radical (unpaired) electrons. The molecule has 9 nitrogen and oxygen atoms in total. The van der Waals surface area contributed by atoms with Crippen molar-refractivity contribution in [3.8, 4) is 40.2 Å². The van der Waals surface area contributed by atoms with Crippen LogP contribution in [0.5, 0.6) is 23.0 Å². The lowest BCUT2D eigenvalue weighted by molar-refractivity contribution is -0.122. The van der Waals surface area contributed by atoms with E-state index in [1.54, 1.807) is 6.07 Å². The number of ether oxygens (including phenoxy) is 5. The first-order valence-electron chi connectivity index (χ1n) is 15.8. The number of nitrogens with one attached hydrogen (secondary N) is 1. The van der Waals surface area contributed by atoms with Gasteiger partial charge in [0.25, 0.3) is 5.91 Å². The fourth-order valence-electron chi connectivity index (χ4n) is 5.61. The third kappa shape index (κ3) is 8.04. The van der Waals surface area contributed by atoms with E-state index in [0.29, 0.717) is 64.0 Å². The number of benzene rings is 4. The van der Waals surface area contributed by atoms with Crippen molar-refractivity contribution < 1.29 is 28.5 Å². The predicted octanol–water partition coefficient (Wildman–Crippen LogP) is 5.72. The van der Waals surface area contributed by atoms with Crippen molar-refractivity contribution in [2.45, 2.75) is 39.7 Å². The number of nitriles is 1. The molecule has 47 heavy (non-hydrogen) atoms. The Morgan fingerprint density at radius 1 is 0.936 bits per heavy atom. The monoisotopic (exact) mass is 633 g/mol. The Balaban J connectivity index is 1.19. The number of hydrogen-bond acceptors (Lipinski definition) is 8. The highest BCUT2D eigenvalue weighted by atomic mass is 16.6. The number of fused-ring (bicyclic) bond motifs is 1. The average molecular weight is 634 g/mol. The number of carbonyl (C=O) groups is 1. The number of aryl methyl sites for hydroxylation is 1. The zero-order valence-electron chi connectivity index (χ0n) is 27.0. The van der Waals surface area contributed by atoms with Crippen LogP contribution in [0.1, 0.15) is 33.4 Å². The quantitative estimate of drug-likeness (QED) is 0.187. The minimum atomic E-state index is -0.297. The average Bonchev–Trinajstić information content (AvgIpc) is 3.94. The summed E-state index contributed by atoms with van der Waals surface area (Å²) >= 11 is 0. The lowest BCUT2D eigenvalue weighted by Gasteiger charge is -2.22. The maximum absolute atomic E-state index is 12.0. The Kier molecular flexibility index (Phi) is 9.91. The number of likely N-dealkylation sites (N-methyl/N-ethyl adjacent to an activating group) is 1. The summed E-state index contributed by atoms with van der Waals surface area (Å²) in [4.78, 5) is 14.1. The van der Waals surface area contributed by atoms with E-state index >= 15 is 0 Å². The first-order valence-corrected chi connectivity index (χ1v) is 15.8. The molecule has 1 fully saturated rings. The number of epoxide rings is 1. The Morgan fingerprint density at radius 3 is 2.53 bits per heavy atom. The highest BCUT2D eigenvalue weighted by molar-refractivity contribution is 5.82. The summed E-state index contributed by atoms with van der Waals surface area (Å²) in [6.45, 7) is 8.25. The van der Waals surface area contributed by atoms with E-state index in [1.807, 2.05) is 56.4 Å². The number of amides is 1. The normalized spacial score (nSPS) is 14.7. The molecule has 1 unspecified atom stereocenters. The molecule has 242 valence electrons. The van der Waals surface area contributed by atoms with Gasteiger partial charge in [-0.1, -0.05) is 36.4 Å². The van der Waals surface area contributed by atoms with Gasteiger partial charge in [0.05, 0.1) is 18.2 Å². The topological polar surface area (TPSA) is 106 Å². The van der Waals surface area contributed by atoms with Crippen molar-refractivity contribution in [1.29, 1.82) is 5.26 Å². The molecule has 1 saturated heterocycles. The second-order valence-corrected chi connectivity index (χ2v) is 11.9. The van der Waals surface area contributed by atoms with Crippen LogP contribution in [0, 0.1) is 25.2 Å². The summed E-state index contributed by atoms with van der Waals surface area (Å²) in [5, 5.41) is 12.3. The van der Waals surface area contributed by atoms with E-state index in [9.17, 15) is 10.1 Å². The Labute approximate surface area is 275 Å². The van der Waals surface area contributed by atoms with Gasteiger partial charge in [-0.05, 0) is 84.6 Å². The van der Waals surface area contributed by atoms with Gasteiger partial charge >= 0.3 is 0 Å². The summed E-state index contributed by atoms with van der Waals surface area (Å²) in [5.41, 5.74) is 7.88. The van der Waals surface area contributed by atoms with Crippen LogP contribution < -0.4 is 24.3 Å². The molecule has 2 heterocycles. The van der Waals surface area contributed by atoms with Gasteiger partial charge in [-0.3, -0.25) is 4.79 Å². The molecule has 0 aliphatic carbocycles. The van der Waals surface area contributed by atoms with Crippen LogP contribution in [0.25, 0.3) is 11.1 Å². The fraction of sp³-hybridized carbons (Fsp3) is 0.316. The van der Waals surface area contributed by atoms with Crippen LogP contribution in [-0.2, 0) is 29.3 Å². The minimum Gasteiger partial charge on any atom is -0.488 e. The molecule has 0 saturated carbocycles. The van der Waals surface area contributed by atoms with Crippen molar-refractivity contribution in [2.24, 2.45) is 0 Å². The molecule has 4 aromatic rings. The van der Waals surface area contributed by atoms with Gasteiger partial charge in [-0.15, -0.1) is 0 Å². The first-order chi connectivity index (χ1) is 22.9. The molecule has 1 atom stereocenters. The van der Waals surface area contributed by atoms with Crippen molar-refractivity contribution in [3.05, 3.63) is 106 Å². The van der Waals surface area contributed by atoms with Crippen molar-refractivity contribution in [3.63, 3.8) is 0 Å². The van der Waals surface area contributed by atoms with E-state index < -0.39 is 0 Å². The molecule has 9 heteroatoms. The van der Waals surface area contributed by atoms with Gasteiger partial charge in [0.15, 0.2) is 17.6 Å². The summed E-state index contributed by atoms with van der Waals surface area (Å²) in [6, 6.07) is 26.0. The standard InChI is InChI=1S/C38H39N3O6/c1-25-16-31(21-41(3)13-12-40-38(42)37-24-47-37)35(45-22-28-7-4-6-27(17-28)20-39)19-34(25)46-23-30-8-5-9-32(26(30)2)29-10-11-33-36(18-29)44-15-14-43-33/h4-11,16-19,37H,12-15,21-24H2,1-3H3,(H,40,42). The van der Waals surface area contributed by atoms with Gasteiger partial charge in [-0.2, -0.15) is 5.26 Å². The largest absolute Gasteiger partial charge is 0.488 e. The summed E-state index contributed by atoms with van der Waals surface area (Å²) < 4.78 is 29.4. The summed E-state index contributed by atoms with van der Waals surface area (Å²) in [7, 11) is 2.01. The second-order valence-electron chi connectivity index (χ2n) is 11.9. The highest BCUT2D eigenvalue weighted by Crippen LogP contribution is 2.37. The molecule has 6 rings (SSSR count). The third-order valence-electron chi connectivity index (χ3n) is 8.35. The van der Waals surface area contributed by atoms with E-state index in [-0.39, 0.29) is 12.0 Å². The second kappa shape index (κ2) is 14.6. The van der Waals surface area contributed by atoms with Crippen molar-refractivity contribution in [2.75, 3.05) is 40.0 Å². The molecule has 1 amide bonds. The highest BCUT2D eigenvalue weighted by Gasteiger charge is 2.30. The number of hydrogen-bond donors (Lipinski definition) is 1. The first kappa shape index (κ1) is 31.9. The van der Waals surface area contributed by atoms with Crippen LogP contribution >= 0.6 is 0 Å². The summed E-state index contributed by atoms with van der Waals surface area (Å²) in [6.07, 6.45) is -0.297. The van der Waals surface area contributed by atoms with Crippen molar-refractivity contribution in [1.82, 2.24) is 10.2 Å². The Morgan fingerprint density at radius 2 is 1.72 bits per heavy atom. The minimum absolute atomic E-state index is 0.0635. The van der Waals surface area contributed by atoms with Gasteiger partial charge in [-0.25, -0.2) is 0 Å². The number of rotatable bonds is 13. The van der Waals surface area contributed by atoms with E-state index in [0.717, 1.165) is 56.2 Å². The molecule has 1 N–H and O–H groups in total. The molecule has 4 aromatic carbocycles. The van der Waals surface area contributed by atoms with Gasteiger partial charge in [0.2, 0.25) is 0 Å². The van der Waals surface area contributed by atoms with Crippen LogP contribution in [0.15, 0.2) is 72.8 Å². The molecule has 2 aliphatic rings. The van der Waals surface area contributed by atoms with Crippen LogP contribution in [-0.4, -0.2) is 56.9 Å². The molecular formula is C38H39N3O6.